The first-order valence-electron chi connectivity index (χ1n) is 10.9. The second-order valence-electron chi connectivity index (χ2n) is 7.90. The molecule has 2 atom stereocenters. The number of nitrogens with one attached hydrogen (secondary N) is 4. The first kappa shape index (κ1) is 22.4. The van der Waals surface area contributed by atoms with E-state index in [1.165, 1.54) is 16.7 Å². The monoisotopic (exact) mass is 449 g/mol. The number of fused-ring (bicyclic) bond motifs is 1. The molecule has 172 valence electrons. The van der Waals surface area contributed by atoms with Gasteiger partial charge < -0.3 is 25.8 Å². The largest absolute Gasteiger partial charge is 0.375 e. The Balaban J connectivity index is 1.48. The molecule has 0 radical (unpaired) electrons. The second kappa shape index (κ2) is 10.2. The van der Waals surface area contributed by atoms with Crippen LogP contribution in [0, 0.1) is 11.3 Å². The predicted octanol–water partition coefficient (Wildman–Crippen LogP) is 1.99. The van der Waals surface area contributed by atoms with Crippen molar-refractivity contribution in [3.05, 3.63) is 64.3 Å². The zero-order valence-electron chi connectivity index (χ0n) is 18.4. The van der Waals surface area contributed by atoms with Crippen LogP contribution >= 0.6 is 0 Å². The van der Waals surface area contributed by atoms with Crippen LogP contribution in [-0.2, 0) is 16.1 Å². The lowest BCUT2D eigenvalue weighted by Gasteiger charge is -2.30. The molecule has 10 heteroatoms. The molecule has 3 aromatic rings. The quantitative estimate of drug-likeness (QED) is 0.388. The van der Waals surface area contributed by atoms with Gasteiger partial charge in [-0.3, -0.25) is 9.59 Å². The molecule has 1 amide bonds. The minimum atomic E-state index is -0.311. The molecule has 0 bridgehead atoms. The van der Waals surface area contributed by atoms with Crippen molar-refractivity contribution >= 4 is 17.9 Å². The SMILES string of the molecule is CN/C(=C\C=N)NC(=O)C1CCCCC1OCc1cc(=O)n2nc(-c3ccccc3)nc2[nH]1. The number of carbonyl (C=O) groups excluding carboxylic acids is 1. The molecule has 1 fully saturated rings. The highest BCUT2D eigenvalue weighted by atomic mass is 16.5. The Morgan fingerprint density at radius 2 is 2.09 bits per heavy atom. The Morgan fingerprint density at radius 3 is 2.85 bits per heavy atom. The number of hydrogen-bond acceptors (Lipinski definition) is 7. The zero-order valence-corrected chi connectivity index (χ0v) is 18.4. The van der Waals surface area contributed by atoms with Crippen LogP contribution < -0.4 is 16.2 Å². The number of aromatic amines is 1. The van der Waals surface area contributed by atoms with Gasteiger partial charge in [0.1, 0.15) is 5.82 Å². The third-order valence-corrected chi connectivity index (χ3v) is 5.69. The number of benzene rings is 1. The molecule has 2 unspecified atom stereocenters. The number of amides is 1. The Kier molecular flexibility index (Phi) is 6.94. The number of nitrogens with zero attached hydrogens (tertiary/aromatic N) is 3. The molecule has 33 heavy (non-hydrogen) atoms. The van der Waals surface area contributed by atoms with Crippen LogP contribution in [0.4, 0.5) is 0 Å². The van der Waals surface area contributed by atoms with Gasteiger partial charge in [0.25, 0.3) is 5.56 Å². The minimum Gasteiger partial charge on any atom is -0.375 e. The van der Waals surface area contributed by atoms with Crippen molar-refractivity contribution in [3.8, 4) is 11.4 Å². The number of carbonyl (C=O) groups is 1. The van der Waals surface area contributed by atoms with E-state index < -0.39 is 0 Å². The number of hydrogen-bond donors (Lipinski definition) is 4. The topological polar surface area (TPSA) is 137 Å². The maximum atomic E-state index is 12.8. The summed E-state index contributed by atoms with van der Waals surface area (Å²) < 4.78 is 7.33. The Hall–Kier alpha value is -3.79. The zero-order chi connectivity index (χ0) is 23.2. The molecule has 0 aliphatic heterocycles. The maximum Gasteiger partial charge on any atom is 0.275 e. The smallest absolute Gasteiger partial charge is 0.275 e. The first-order chi connectivity index (χ1) is 16.1. The van der Waals surface area contributed by atoms with E-state index in [4.69, 9.17) is 10.1 Å². The number of H-pyrrole nitrogens is 1. The molecule has 4 rings (SSSR count). The van der Waals surface area contributed by atoms with Gasteiger partial charge in [-0.2, -0.15) is 9.50 Å². The normalized spacial score (nSPS) is 18.8. The Bertz CT molecular complexity index is 1220. The van der Waals surface area contributed by atoms with Crippen molar-refractivity contribution in [2.24, 2.45) is 5.92 Å². The van der Waals surface area contributed by atoms with E-state index >= 15 is 0 Å². The highest BCUT2D eigenvalue weighted by Crippen LogP contribution is 2.28. The molecule has 1 aromatic carbocycles. The van der Waals surface area contributed by atoms with Crippen LogP contribution in [0.3, 0.4) is 0 Å². The van der Waals surface area contributed by atoms with Crippen LogP contribution in [-0.4, -0.2) is 44.9 Å². The van der Waals surface area contributed by atoms with Crippen LogP contribution in [0.25, 0.3) is 17.2 Å². The van der Waals surface area contributed by atoms with Crippen LogP contribution in [0.2, 0.25) is 0 Å². The summed E-state index contributed by atoms with van der Waals surface area (Å²) in [6.07, 6.45) is 5.74. The highest BCUT2D eigenvalue weighted by molar-refractivity contribution is 5.82. The van der Waals surface area contributed by atoms with Gasteiger partial charge in [-0.05, 0) is 18.9 Å². The molecule has 1 aliphatic carbocycles. The standard InChI is InChI=1S/C23H27N7O3/c1-25-19(11-12-24)27-22(32)17-9-5-6-10-18(17)33-14-16-13-20(31)30-23(26-16)28-21(29-30)15-7-3-2-4-8-15/h2-4,7-8,11-13,17-18,24-25H,5-6,9-10,14H2,1H3,(H,27,32)(H,26,28,29)/b19-11+,24-12?. The number of rotatable bonds is 8. The van der Waals surface area contributed by atoms with Crippen LogP contribution in [0.5, 0.6) is 0 Å². The fraction of sp³-hybridized carbons (Fsp3) is 0.348. The maximum absolute atomic E-state index is 12.8. The lowest BCUT2D eigenvalue weighted by atomic mass is 9.85. The molecule has 2 aromatic heterocycles. The molecule has 10 nitrogen and oxygen atoms in total. The lowest BCUT2D eigenvalue weighted by molar-refractivity contribution is -0.132. The third kappa shape index (κ3) is 5.17. The molecule has 1 saturated carbocycles. The van der Waals surface area contributed by atoms with Gasteiger partial charge in [-0.15, -0.1) is 5.10 Å². The van der Waals surface area contributed by atoms with Crippen LogP contribution in [0.15, 0.2) is 53.1 Å². The Labute approximate surface area is 190 Å². The average molecular weight is 450 g/mol. The summed E-state index contributed by atoms with van der Waals surface area (Å²) in [5.41, 5.74) is 1.09. The van der Waals surface area contributed by atoms with E-state index in [0.29, 0.717) is 23.1 Å². The summed E-state index contributed by atoms with van der Waals surface area (Å²) >= 11 is 0. The number of allylic oxidation sites excluding steroid dienone is 1. The van der Waals surface area contributed by atoms with Gasteiger partial charge in [0.15, 0.2) is 5.82 Å². The molecule has 0 saturated heterocycles. The number of ether oxygens (including phenoxy) is 1. The van der Waals surface area contributed by atoms with Gasteiger partial charge in [0.2, 0.25) is 11.7 Å². The van der Waals surface area contributed by atoms with Crippen molar-refractivity contribution in [3.63, 3.8) is 0 Å². The highest BCUT2D eigenvalue weighted by Gasteiger charge is 2.32. The molecular formula is C23H27N7O3. The molecule has 2 heterocycles. The summed E-state index contributed by atoms with van der Waals surface area (Å²) in [6, 6.07) is 10.9. The predicted molar refractivity (Wildman–Crippen MR) is 124 cm³/mol. The average Bonchev–Trinajstić information content (AvgIpc) is 3.28. The van der Waals surface area contributed by atoms with Crippen molar-refractivity contribution < 1.29 is 9.53 Å². The number of aromatic nitrogens is 4. The third-order valence-electron chi connectivity index (χ3n) is 5.69. The molecule has 4 N–H and O–H groups in total. The van der Waals surface area contributed by atoms with Gasteiger partial charge in [-0.1, -0.05) is 43.2 Å². The lowest BCUT2D eigenvalue weighted by Crippen LogP contribution is -2.42. The summed E-state index contributed by atoms with van der Waals surface area (Å²) in [7, 11) is 1.69. The molecule has 0 spiro atoms. The summed E-state index contributed by atoms with van der Waals surface area (Å²) in [5, 5.41) is 17.2. The van der Waals surface area contributed by atoms with Gasteiger partial charge in [0, 0.05) is 30.6 Å². The van der Waals surface area contributed by atoms with Crippen molar-refractivity contribution in [1.82, 2.24) is 30.2 Å². The van der Waals surface area contributed by atoms with Gasteiger partial charge in [-0.25, -0.2) is 0 Å². The first-order valence-corrected chi connectivity index (χ1v) is 10.9. The molecule has 1 aliphatic rings. The van der Waals surface area contributed by atoms with E-state index in [1.807, 2.05) is 30.3 Å². The molecular weight excluding hydrogens is 422 g/mol. The van der Waals surface area contributed by atoms with Crippen molar-refractivity contribution in [2.75, 3.05) is 7.05 Å². The summed E-state index contributed by atoms with van der Waals surface area (Å²) in [4.78, 5) is 32.9. The van der Waals surface area contributed by atoms with E-state index in [0.717, 1.165) is 37.5 Å². The Morgan fingerprint density at radius 1 is 1.30 bits per heavy atom. The van der Waals surface area contributed by atoms with Crippen molar-refractivity contribution in [1.29, 1.82) is 5.41 Å². The summed E-state index contributed by atoms with van der Waals surface area (Å²) in [6.45, 7) is 0.156. The fourth-order valence-electron chi connectivity index (χ4n) is 4.01. The van der Waals surface area contributed by atoms with Gasteiger partial charge in [0.05, 0.1) is 18.6 Å². The van der Waals surface area contributed by atoms with E-state index in [2.05, 4.69) is 25.7 Å². The fourth-order valence-corrected chi connectivity index (χ4v) is 4.01. The summed E-state index contributed by atoms with van der Waals surface area (Å²) in [5.74, 6) is 0.818. The van der Waals surface area contributed by atoms with E-state index in [1.54, 1.807) is 7.05 Å². The van der Waals surface area contributed by atoms with Gasteiger partial charge >= 0.3 is 0 Å². The second-order valence-corrected chi connectivity index (χ2v) is 7.90. The van der Waals surface area contributed by atoms with E-state index in [9.17, 15) is 9.59 Å². The van der Waals surface area contributed by atoms with Crippen molar-refractivity contribution in [2.45, 2.75) is 38.4 Å². The minimum absolute atomic E-state index is 0.143. The van der Waals surface area contributed by atoms with Crippen LogP contribution in [0.1, 0.15) is 31.4 Å². The van der Waals surface area contributed by atoms with E-state index in [-0.39, 0.29) is 30.1 Å².